The first-order valence-electron chi connectivity index (χ1n) is 10.3. The van der Waals surface area contributed by atoms with E-state index in [1.165, 1.54) is 21.3 Å². The largest absolute Gasteiger partial charge is 0.496 e. The van der Waals surface area contributed by atoms with Gasteiger partial charge in [0.15, 0.2) is 11.5 Å². The molecule has 0 aliphatic carbocycles. The second-order valence-electron chi connectivity index (χ2n) is 7.22. The summed E-state index contributed by atoms with van der Waals surface area (Å²) in [7, 11) is 4.60. The normalized spacial score (nSPS) is 10.9. The van der Waals surface area contributed by atoms with Gasteiger partial charge in [0.05, 0.1) is 21.3 Å². The van der Waals surface area contributed by atoms with Gasteiger partial charge in [-0.25, -0.2) is 0 Å². The number of amides is 1. The molecule has 0 aliphatic heterocycles. The Labute approximate surface area is 205 Å². The highest BCUT2D eigenvalue weighted by molar-refractivity contribution is 5.95. The van der Waals surface area contributed by atoms with E-state index >= 15 is 0 Å². The molecule has 1 unspecified atom stereocenters. The third kappa shape index (κ3) is 6.32. The van der Waals surface area contributed by atoms with Crippen molar-refractivity contribution in [2.24, 2.45) is 5.73 Å². The molecule has 0 fully saturated rings. The number of anilines is 1. The first kappa shape index (κ1) is 26.3. The fourth-order valence-corrected chi connectivity index (χ4v) is 3.36. The maximum Gasteiger partial charge on any atom is 0.247 e. The first-order chi connectivity index (χ1) is 16.0. The summed E-state index contributed by atoms with van der Waals surface area (Å²) in [5.74, 6) is 1.16. The summed E-state index contributed by atoms with van der Waals surface area (Å²) in [6, 6.07) is 19.2. The van der Waals surface area contributed by atoms with E-state index in [1.54, 1.807) is 36.4 Å². The number of nitrogen functional groups attached to an aromatic ring is 1. The number of nitrogens with two attached hydrogens (primary N) is 1. The second-order valence-corrected chi connectivity index (χ2v) is 7.22. The van der Waals surface area contributed by atoms with Crippen molar-refractivity contribution < 1.29 is 19.0 Å². The molecule has 0 bridgehead atoms. The Kier molecular flexibility index (Phi) is 9.58. The van der Waals surface area contributed by atoms with E-state index in [0.29, 0.717) is 40.6 Å². The van der Waals surface area contributed by atoms with Crippen LogP contribution in [0.5, 0.6) is 17.2 Å². The van der Waals surface area contributed by atoms with E-state index in [4.69, 9.17) is 25.4 Å². The van der Waals surface area contributed by atoms with Crippen molar-refractivity contribution in [2.45, 2.75) is 12.6 Å². The number of ether oxygens (including phenoxy) is 3. The number of methoxy groups -OCH3 is 3. The molecule has 1 atom stereocenters. The molecule has 0 heterocycles. The number of halogens is 1. The van der Waals surface area contributed by atoms with Crippen molar-refractivity contribution in [3.63, 3.8) is 0 Å². The molecular weight excluding hydrogens is 456 g/mol. The van der Waals surface area contributed by atoms with E-state index in [9.17, 15) is 4.79 Å². The lowest BCUT2D eigenvalue weighted by molar-refractivity contribution is -0.122. The van der Waals surface area contributed by atoms with Crippen LogP contribution in [0, 0.1) is 5.41 Å². The zero-order chi connectivity index (χ0) is 23.8. The zero-order valence-electron chi connectivity index (χ0n) is 19.3. The van der Waals surface area contributed by atoms with Crippen LogP contribution in [0.1, 0.15) is 22.7 Å². The summed E-state index contributed by atoms with van der Waals surface area (Å²) in [4.78, 5) is 13.4. The monoisotopic (exact) mass is 484 g/mol. The molecule has 0 saturated heterocycles. The summed E-state index contributed by atoms with van der Waals surface area (Å²) >= 11 is 0. The Morgan fingerprint density at radius 2 is 1.50 bits per heavy atom. The zero-order valence-corrected chi connectivity index (χ0v) is 20.1. The number of carbonyl (C=O) groups excluding carboxylic acids is 1. The van der Waals surface area contributed by atoms with Crippen molar-refractivity contribution in [2.75, 3.05) is 26.6 Å². The molecule has 8 nitrogen and oxygen atoms in total. The van der Waals surface area contributed by atoms with Gasteiger partial charge in [0.25, 0.3) is 0 Å². The van der Waals surface area contributed by atoms with Crippen LogP contribution in [-0.4, -0.2) is 33.1 Å². The van der Waals surface area contributed by atoms with Gasteiger partial charge in [-0.15, -0.1) is 12.4 Å². The highest BCUT2D eigenvalue weighted by Gasteiger charge is 2.26. The van der Waals surface area contributed by atoms with Crippen LogP contribution in [-0.2, 0) is 11.3 Å². The van der Waals surface area contributed by atoms with Crippen LogP contribution in [0.25, 0.3) is 0 Å². The number of amidine groups is 1. The highest BCUT2D eigenvalue weighted by atomic mass is 35.5. The molecule has 3 aromatic carbocycles. The summed E-state index contributed by atoms with van der Waals surface area (Å²) < 4.78 is 16.4. The number of hydrogen-bond donors (Lipinski definition) is 4. The smallest absolute Gasteiger partial charge is 0.247 e. The molecule has 3 rings (SSSR count). The average molecular weight is 485 g/mol. The third-order valence-corrected chi connectivity index (χ3v) is 5.13. The standard InChI is InChI=1S/C25H28N4O4.ClH/c1-31-20-14-22(33-3)21(32-2)13-19(20)23(25(30)28-15-16-7-5-4-6-8-16)29-18-11-9-17(10-12-18)24(26)27;/h4-14,23,29H,15H2,1-3H3,(H3,26,27)(H,28,30);1H. The average Bonchev–Trinajstić information content (AvgIpc) is 2.85. The SMILES string of the molecule is COc1cc(OC)c(C(Nc2ccc(C(=N)N)cc2)C(=O)NCc2ccccc2)cc1OC.Cl. The number of benzene rings is 3. The van der Waals surface area contributed by atoms with Crippen molar-refractivity contribution in [1.82, 2.24) is 5.32 Å². The van der Waals surface area contributed by atoms with Crippen LogP contribution in [0.3, 0.4) is 0 Å². The Bertz CT molecular complexity index is 1110. The Morgan fingerprint density at radius 3 is 2.06 bits per heavy atom. The van der Waals surface area contributed by atoms with Gasteiger partial charge >= 0.3 is 0 Å². The molecule has 9 heteroatoms. The van der Waals surface area contributed by atoms with Crippen LogP contribution in [0.4, 0.5) is 5.69 Å². The van der Waals surface area contributed by atoms with Crippen molar-refractivity contribution in [3.8, 4) is 17.2 Å². The van der Waals surface area contributed by atoms with E-state index in [1.807, 2.05) is 30.3 Å². The Balaban J connectivity index is 0.00000408. The molecule has 0 aliphatic rings. The number of carbonyl (C=O) groups is 1. The summed E-state index contributed by atoms with van der Waals surface area (Å²) in [5.41, 5.74) is 8.38. The maximum atomic E-state index is 13.4. The lowest BCUT2D eigenvalue weighted by atomic mass is 10.0. The number of hydrogen-bond acceptors (Lipinski definition) is 6. The molecule has 180 valence electrons. The van der Waals surface area contributed by atoms with Crippen molar-refractivity contribution >= 4 is 29.8 Å². The van der Waals surface area contributed by atoms with Gasteiger partial charge in [-0.3, -0.25) is 10.2 Å². The van der Waals surface area contributed by atoms with E-state index in [0.717, 1.165) is 5.56 Å². The van der Waals surface area contributed by atoms with Gasteiger partial charge in [-0.2, -0.15) is 0 Å². The number of nitrogens with one attached hydrogen (secondary N) is 3. The summed E-state index contributed by atoms with van der Waals surface area (Å²) in [6.45, 7) is 0.372. The molecule has 0 spiro atoms. The first-order valence-corrected chi connectivity index (χ1v) is 10.3. The predicted octanol–water partition coefficient (Wildman–Crippen LogP) is 3.89. The quantitative estimate of drug-likeness (QED) is 0.256. The molecular formula is C25H29ClN4O4. The van der Waals surface area contributed by atoms with Gasteiger partial charge in [0, 0.05) is 29.4 Å². The van der Waals surface area contributed by atoms with E-state index in [-0.39, 0.29) is 24.1 Å². The molecule has 34 heavy (non-hydrogen) atoms. The topological polar surface area (TPSA) is 119 Å². The van der Waals surface area contributed by atoms with Gasteiger partial charge in [0.1, 0.15) is 17.6 Å². The van der Waals surface area contributed by atoms with Gasteiger partial charge in [0.2, 0.25) is 5.91 Å². The second kappa shape index (κ2) is 12.4. The minimum Gasteiger partial charge on any atom is -0.496 e. The van der Waals surface area contributed by atoms with Gasteiger partial charge in [-0.05, 0) is 35.9 Å². The minimum absolute atomic E-state index is 0. The van der Waals surface area contributed by atoms with Crippen molar-refractivity contribution in [3.05, 3.63) is 83.4 Å². The Morgan fingerprint density at radius 1 is 0.912 bits per heavy atom. The molecule has 0 aromatic heterocycles. The summed E-state index contributed by atoms with van der Waals surface area (Å²) in [5, 5.41) is 13.8. The van der Waals surface area contributed by atoms with Crippen LogP contribution >= 0.6 is 12.4 Å². The lowest BCUT2D eigenvalue weighted by Crippen LogP contribution is -2.33. The molecule has 1 amide bonds. The van der Waals surface area contributed by atoms with E-state index in [2.05, 4.69) is 10.6 Å². The molecule has 0 radical (unpaired) electrons. The number of rotatable bonds is 10. The highest BCUT2D eigenvalue weighted by Crippen LogP contribution is 2.38. The Hall–Kier alpha value is -3.91. The van der Waals surface area contributed by atoms with Gasteiger partial charge < -0.3 is 30.6 Å². The lowest BCUT2D eigenvalue weighted by Gasteiger charge is -2.23. The molecule has 3 aromatic rings. The molecule has 5 N–H and O–H groups in total. The third-order valence-electron chi connectivity index (χ3n) is 5.13. The van der Waals surface area contributed by atoms with E-state index < -0.39 is 6.04 Å². The predicted molar refractivity (Wildman–Crippen MR) is 135 cm³/mol. The van der Waals surface area contributed by atoms with Crippen LogP contribution < -0.4 is 30.6 Å². The minimum atomic E-state index is -0.799. The fourth-order valence-electron chi connectivity index (χ4n) is 3.36. The fraction of sp³-hybridized carbons (Fsp3) is 0.200. The van der Waals surface area contributed by atoms with Crippen LogP contribution in [0.2, 0.25) is 0 Å². The van der Waals surface area contributed by atoms with Gasteiger partial charge in [-0.1, -0.05) is 30.3 Å². The van der Waals surface area contributed by atoms with Crippen LogP contribution in [0.15, 0.2) is 66.7 Å². The van der Waals surface area contributed by atoms with Crippen molar-refractivity contribution in [1.29, 1.82) is 5.41 Å². The molecule has 0 saturated carbocycles. The summed E-state index contributed by atoms with van der Waals surface area (Å²) in [6.07, 6.45) is 0. The maximum absolute atomic E-state index is 13.4.